The predicted octanol–water partition coefficient (Wildman–Crippen LogP) is 1.44. The first-order chi connectivity index (χ1) is 45.1. The Labute approximate surface area is 552 Å². The molecule has 3 atom stereocenters. The van der Waals surface area contributed by atoms with Crippen LogP contribution in [0.1, 0.15) is 81.9 Å². The van der Waals surface area contributed by atoms with E-state index in [1.54, 1.807) is 24.7 Å². The van der Waals surface area contributed by atoms with Gasteiger partial charge in [0.15, 0.2) is 5.96 Å². The zero-order valence-corrected chi connectivity index (χ0v) is 52.3. The first-order valence-corrected chi connectivity index (χ1v) is 28.6. The number of aliphatic carboxylic acids is 5. The minimum Gasteiger partial charge on any atom is -0.475 e. The lowest BCUT2D eigenvalue weighted by Gasteiger charge is -2.33. The summed E-state index contributed by atoms with van der Waals surface area (Å²) in [6.07, 6.45) is -14.3. The number of rotatable bonds is 34. The van der Waals surface area contributed by atoms with Gasteiger partial charge in [-0.05, 0) is 75.4 Å². The van der Waals surface area contributed by atoms with E-state index in [4.69, 9.17) is 83.9 Å². The Kier molecular flexibility index (Phi) is 48.2. The molecule has 6 amide bonds. The lowest BCUT2D eigenvalue weighted by atomic mass is 10.0. The van der Waals surface area contributed by atoms with Crippen LogP contribution >= 0.6 is 12.6 Å². The third-order valence-corrected chi connectivity index (χ3v) is 11.7. The van der Waals surface area contributed by atoms with Gasteiger partial charge in [0.25, 0.3) is 0 Å². The Hall–Kier alpha value is -9.02. The summed E-state index contributed by atoms with van der Waals surface area (Å²) in [5.74, 6) is -16.2. The van der Waals surface area contributed by atoms with Crippen LogP contribution in [0.15, 0.2) is 42.0 Å². The zero-order chi connectivity index (χ0) is 76.8. The Morgan fingerprint density at radius 2 is 0.898 bits per heavy atom. The number of carbonyl (C=O) groups excluding carboxylic acids is 6. The molecule has 0 aliphatic heterocycles. The zero-order valence-electron chi connectivity index (χ0n) is 51.5. The second kappa shape index (κ2) is 49.5. The molecular formula is C51H76F15N15O16S. The summed E-state index contributed by atoms with van der Waals surface area (Å²) < 4.78 is 159. The topological polar surface area (TPSA) is 533 Å². The van der Waals surface area contributed by atoms with Gasteiger partial charge >= 0.3 is 60.7 Å². The Balaban J connectivity index is -0.00000101. The molecule has 0 fully saturated rings. The number of hydrogen-bond acceptors (Lipinski definition) is 18. The molecule has 2 rings (SSSR count). The number of aliphatic imine (C=N–C) groups is 1. The molecule has 2 aromatic rings. The number of nitrogens with one attached hydrogen (secondary N) is 3. The molecule has 0 saturated carbocycles. The standard InChI is InChI=1S/C41H71N15O6S.5C2HF3O2/c42-14-5-1-2-11-36(58)56(23-20-50-39(61)33(25-30-9-8-17-48-27-30)54(21-16-44)37(59)13-24-63)34(26-31-28-49-29-53-31)40(62)51-19-22-55(32(38(45)60)10-3-6-15-43)35(57)12-4-7-18-52-41(46)47;5*3-2(4,5)1(6)7/h8-9,17,27-29,32-34,63H,1-7,10-16,18-26,42-44H2,(H2,45,60)(H,49,53)(H,50,61)(H,51,62)(H4,46,47,52);5*(H,6,7)/t32-,33-,34-;;;;;/m0...../s1. The highest BCUT2D eigenvalue weighted by molar-refractivity contribution is 7.80. The molecule has 0 aliphatic rings. The summed E-state index contributed by atoms with van der Waals surface area (Å²) in [5, 5.41) is 41.4. The minimum atomic E-state index is -5.08. The molecular weight excluding hydrogens is 1400 g/mol. The molecule has 98 heavy (non-hydrogen) atoms. The fourth-order valence-electron chi connectivity index (χ4n) is 7.03. The van der Waals surface area contributed by atoms with E-state index in [1.165, 1.54) is 21.0 Å². The predicted molar refractivity (Wildman–Crippen MR) is 313 cm³/mol. The minimum absolute atomic E-state index is 0.0435. The number of primary amides is 1. The van der Waals surface area contributed by atoms with Crippen molar-refractivity contribution in [2.75, 3.05) is 64.7 Å². The maximum Gasteiger partial charge on any atom is 0.490 e. The van der Waals surface area contributed by atoms with Gasteiger partial charge < -0.3 is 90.3 Å². The van der Waals surface area contributed by atoms with E-state index in [-0.39, 0.29) is 107 Å². The number of pyridine rings is 1. The third-order valence-electron chi connectivity index (χ3n) is 11.5. The van der Waals surface area contributed by atoms with Crippen molar-refractivity contribution >= 4 is 83.9 Å². The normalized spacial score (nSPS) is 12.0. The van der Waals surface area contributed by atoms with E-state index >= 15 is 0 Å². The SMILES string of the molecule is NCCCCCC(=O)N(CCNC(=O)[C@H](Cc1cccnc1)N(CCN)C(=O)CCS)[C@@H](Cc1cnc[nH]1)C(=O)NCCN(C(=O)CCCCN=C(N)N)[C@@H](CCCCN)C(N)=O.O=C(O)C(F)(F)F.O=C(O)C(F)(F)F.O=C(O)C(F)(F)F.O=C(O)C(F)(F)F.O=C(O)C(F)(F)F. The number of carboxylic acid groups (broad SMARTS) is 5. The smallest absolute Gasteiger partial charge is 0.475 e. The molecule has 0 saturated heterocycles. The molecule has 31 nitrogen and oxygen atoms in total. The average Bonchev–Trinajstić information content (AvgIpc) is 1.09. The molecule has 562 valence electrons. The lowest BCUT2D eigenvalue weighted by Crippen LogP contribution is -2.56. The number of amides is 6. The van der Waals surface area contributed by atoms with Crippen LogP contribution in [0.4, 0.5) is 65.9 Å². The summed E-state index contributed by atoms with van der Waals surface area (Å²) in [4.78, 5) is 146. The number of H-pyrrole nitrogens is 1. The molecule has 47 heteroatoms. The van der Waals surface area contributed by atoms with Crippen LogP contribution in [-0.2, 0) is 65.6 Å². The molecule has 2 aromatic heterocycles. The summed E-state index contributed by atoms with van der Waals surface area (Å²) in [6, 6.07) is 0.577. The van der Waals surface area contributed by atoms with Crippen molar-refractivity contribution < 1.29 is 144 Å². The van der Waals surface area contributed by atoms with Crippen molar-refractivity contribution in [3.05, 3.63) is 48.3 Å². The van der Waals surface area contributed by atoms with Crippen LogP contribution in [-0.4, -0.2) is 240 Å². The highest BCUT2D eigenvalue weighted by Gasteiger charge is 2.41. The number of unbranched alkanes of at least 4 members (excludes halogenated alkanes) is 4. The fraction of sp³-hybridized carbons (Fsp3) is 0.608. The Morgan fingerprint density at radius 3 is 1.24 bits per heavy atom. The third kappa shape index (κ3) is 47.0. The molecule has 0 bridgehead atoms. The average molecular weight is 1470 g/mol. The summed E-state index contributed by atoms with van der Waals surface area (Å²) in [6.45, 7) is 1.21. The quantitative estimate of drug-likeness (QED) is 0.0155. The van der Waals surface area contributed by atoms with Gasteiger partial charge in [0.1, 0.15) is 18.1 Å². The van der Waals surface area contributed by atoms with Crippen LogP contribution in [0.5, 0.6) is 0 Å². The van der Waals surface area contributed by atoms with E-state index in [0.29, 0.717) is 63.9 Å². The number of nitrogens with two attached hydrogens (primary N) is 6. The molecule has 0 spiro atoms. The van der Waals surface area contributed by atoms with Crippen molar-refractivity contribution in [2.45, 2.75) is 132 Å². The van der Waals surface area contributed by atoms with Gasteiger partial charge in [-0.15, -0.1) is 0 Å². The number of thiol groups is 1. The van der Waals surface area contributed by atoms with Gasteiger partial charge in [0.2, 0.25) is 35.4 Å². The van der Waals surface area contributed by atoms with Crippen molar-refractivity contribution in [1.82, 2.24) is 40.3 Å². The lowest BCUT2D eigenvalue weighted by molar-refractivity contribution is -0.193. The monoisotopic (exact) mass is 1470 g/mol. The van der Waals surface area contributed by atoms with Gasteiger partial charge in [-0.25, -0.2) is 29.0 Å². The van der Waals surface area contributed by atoms with Crippen molar-refractivity contribution in [3.63, 3.8) is 0 Å². The largest absolute Gasteiger partial charge is 0.490 e. The number of carbonyl (C=O) groups is 11. The number of alkyl halides is 15. The van der Waals surface area contributed by atoms with Gasteiger partial charge in [0, 0.05) is 102 Å². The van der Waals surface area contributed by atoms with E-state index in [1.807, 2.05) is 6.07 Å². The number of imidazole rings is 1. The fourth-order valence-corrected chi connectivity index (χ4v) is 7.22. The summed E-state index contributed by atoms with van der Waals surface area (Å²) in [5.41, 5.74) is 35.2. The van der Waals surface area contributed by atoms with Crippen LogP contribution in [0, 0.1) is 0 Å². The molecule has 0 aromatic carbocycles. The van der Waals surface area contributed by atoms with Gasteiger partial charge in [0.05, 0.1) is 6.33 Å². The maximum absolute atomic E-state index is 14.3. The molecule has 20 N–H and O–H groups in total. The Bertz CT molecular complexity index is 2610. The van der Waals surface area contributed by atoms with Crippen LogP contribution in [0.25, 0.3) is 0 Å². The molecule has 0 unspecified atom stereocenters. The number of aromatic amines is 1. The number of aromatic nitrogens is 3. The number of hydrogen-bond donors (Lipinski definition) is 15. The van der Waals surface area contributed by atoms with Gasteiger partial charge in [-0.3, -0.25) is 38.7 Å². The number of carboxylic acids is 5. The number of nitrogens with zero attached hydrogens (tertiary/aromatic N) is 6. The maximum atomic E-state index is 14.3. The van der Waals surface area contributed by atoms with E-state index in [2.05, 4.69) is 43.2 Å². The van der Waals surface area contributed by atoms with Crippen LogP contribution in [0.3, 0.4) is 0 Å². The number of halogens is 15. The van der Waals surface area contributed by atoms with E-state index in [0.717, 1.165) is 12.0 Å². The summed E-state index contributed by atoms with van der Waals surface area (Å²) >= 11 is 4.22. The highest BCUT2D eigenvalue weighted by atomic mass is 32.1. The second-order valence-corrected chi connectivity index (χ2v) is 19.5. The van der Waals surface area contributed by atoms with Crippen LogP contribution < -0.4 is 45.0 Å². The van der Waals surface area contributed by atoms with Crippen molar-refractivity contribution in [2.24, 2.45) is 39.4 Å². The van der Waals surface area contributed by atoms with Crippen molar-refractivity contribution in [1.29, 1.82) is 0 Å². The van der Waals surface area contributed by atoms with Gasteiger partial charge in [-0.2, -0.15) is 78.5 Å². The first kappa shape index (κ1) is 95.4. The summed E-state index contributed by atoms with van der Waals surface area (Å²) in [7, 11) is 0. The van der Waals surface area contributed by atoms with Gasteiger partial charge in [-0.1, -0.05) is 12.5 Å². The molecule has 2 heterocycles. The first-order valence-electron chi connectivity index (χ1n) is 28.0. The number of guanidine groups is 1. The second-order valence-electron chi connectivity index (χ2n) is 19.1. The van der Waals surface area contributed by atoms with E-state index in [9.17, 15) is 94.6 Å². The molecule has 0 radical (unpaired) electrons. The Morgan fingerprint density at radius 1 is 0.510 bits per heavy atom. The van der Waals surface area contributed by atoms with Crippen LogP contribution in [0.2, 0.25) is 0 Å². The molecule has 0 aliphatic carbocycles. The highest BCUT2D eigenvalue weighted by Crippen LogP contribution is 2.19. The van der Waals surface area contributed by atoms with E-state index < -0.39 is 96.6 Å². The van der Waals surface area contributed by atoms with Crippen molar-refractivity contribution in [3.8, 4) is 0 Å².